The van der Waals surface area contributed by atoms with E-state index in [2.05, 4.69) is 32.7 Å². The summed E-state index contributed by atoms with van der Waals surface area (Å²) in [6.07, 6.45) is 2.64. The van der Waals surface area contributed by atoms with Gasteiger partial charge < -0.3 is 5.32 Å². The zero-order valence-corrected chi connectivity index (χ0v) is 11.0. The highest BCUT2D eigenvalue weighted by molar-refractivity contribution is 9.10. The summed E-state index contributed by atoms with van der Waals surface area (Å²) in [6, 6.07) is 2.15. The van der Waals surface area contributed by atoms with Crippen molar-refractivity contribution in [2.45, 2.75) is 24.8 Å². The molecule has 14 heavy (non-hydrogen) atoms. The lowest BCUT2D eigenvalue weighted by Gasteiger charge is -2.08. The van der Waals surface area contributed by atoms with E-state index in [0.717, 1.165) is 19.0 Å². The molecule has 0 radical (unpaired) electrons. The summed E-state index contributed by atoms with van der Waals surface area (Å²) in [7, 11) is 0. The average molecular weight is 295 g/mol. The van der Waals surface area contributed by atoms with Crippen LogP contribution in [0.15, 0.2) is 15.9 Å². The number of thiophene rings is 1. The van der Waals surface area contributed by atoms with Gasteiger partial charge in [0.25, 0.3) is 0 Å². The molecule has 1 N–H and O–H groups in total. The third kappa shape index (κ3) is 3.23. The molecule has 0 spiro atoms. The second-order valence-corrected chi connectivity index (χ2v) is 6.19. The van der Waals surface area contributed by atoms with E-state index in [1.54, 1.807) is 11.3 Å². The van der Waals surface area contributed by atoms with E-state index in [1.165, 1.54) is 22.2 Å². The summed E-state index contributed by atoms with van der Waals surface area (Å²) in [5.41, 5.74) is 0. The van der Waals surface area contributed by atoms with Crippen LogP contribution in [0.1, 0.15) is 17.7 Å². The van der Waals surface area contributed by atoms with Crippen molar-refractivity contribution >= 4 is 38.9 Å². The first kappa shape index (κ1) is 10.9. The Balaban J connectivity index is 1.67. The lowest BCUT2D eigenvalue weighted by Crippen LogP contribution is -2.23. The fraction of sp³-hybridized carbons (Fsp3) is 0.600. The summed E-state index contributed by atoms with van der Waals surface area (Å²) >= 11 is 11.4. The molecule has 78 valence electrons. The first-order chi connectivity index (χ1) is 6.75. The van der Waals surface area contributed by atoms with Crippen molar-refractivity contribution in [2.75, 3.05) is 6.54 Å². The Kier molecular flexibility index (Phi) is 3.88. The second kappa shape index (κ2) is 4.97. The van der Waals surface area contributed by atoms with Crippen molar-refractivity contribution in [1.29, 1.82) is 0 Å². The van der Waals surface area contributed by atoms with Crippen molar-refractivity contribution in [3.63, 3.8) is 0 Å². The third-order valence-electron chi connectivity index (χ3n) is 2.39. The minimum Gasteiger partial charge on any atom is -0.310 e. The van der Waals surface area contributed by atoms with Crippen molar-refractivity contribution in [3.05, 3.63) is 20.8 Å². The fourth-order valence-corrected chi connectivity index (χ4v) is 3.19. The van der Waals surface area contributed by atoms with Crippen LogP contribution in [0.3, 0.4) is 0 Å². The van der Waals surface area contributed by atoms with Crippen LogP contribution in [0.4, 0.5) is 0 Å². The predicted molar refractivity (Wildman–Crippen MR) is 66.1 cm³/mol. The summed E-state index contributed by atoms with van der Waals surface area (Å²) in [5.74, 6) is 0.777. The first-order valence-corrected chi connectivity index (χ1v) is 6.94. The van der Waals surface area contributed by atoms with Gasteiger partial charge in [0, 0.05) is 33.2 Å². The maximum atomic E-state index is 6.18. The molecule has 0 saturated heterocycles. The monoisotopic (exact) mass is 293 g/mol. The van der Waals surface area contributed by atoms with Gasteiger partial charge in [0.05, 0.1) is 0 Å². The quantitative estimate of drug-likeness (QED) is 0.818. The van der Waals surface area contributed by atoms with Crippen LogP contribution < -0.4 is 5.32 Å². The maximum absolute atomic E-state index is 6.18. The van der Waals surface area contributed by atoms with Gasteiger partial charge in [-0.15, -0.1) is 22.9 Å². The number of halogens is 2. The Morgan fingerprint density at radius 3 is 3.00 bits per heavy atom. The van der Waals surface area contributed by atoms with Gasteiger partial charge in [-0.3, -0.25) is 0 Å². The average Bonchev–Trinajstić information content (AvgIpc) is 2.92. The number of hydrogen-bond acceptors (Lipinski definition) is 2. The Bertz CT molecular complexity index is 298. The number of alkyl halides is 1. The van der Waals surface area contributed by atoms with Crippen molar-refractivity contribution in [3.8, 4) is 0 Å². The molecule has 2 rings (SSSR count). The molecule has 1 aromatic heterocycles. The van der Waals surface area contributed by atoms with Crippen molar-refractivity contribution in [1.82, 2.24) is 5.32 Å². The molecule has 4 heteroatoms. The number of nitrogens with one attached hydrogen (secondary N) is 1. The Labute approximate surface area is 102 Å². The minimum atomic E-state index is 0.332. The minimum absolute atomic E-state index is 0.332. The highest BCUT2D eigenvalue weighted by Gasteiger charge is 2.29. The van der Waals surface area contributed by atoms with Crippen LogP contribution >= 0.6 is 38.9 Å². The zero-order chi connectivity index (χ0) is 9.97. The molecule has 0 aliphatic heterocycles. The first-order valence-electron chi connectivity index (χ1n) is 4.83. The lowest BCUT2D eigenvalue weighted by atomic mass is 10.3. The summed E-state index contributed by atoms with van der Waals surface area (Å²) in [4.78, 5) is 1.36. The maximum Gasteiger partial charge on any atom is 0.0488 e. The molecule has 1 saturated carbocycles. The molecule has 0 amide bonds. The zero-order valence-electron chi connectivity index (χ0n) is 7.80. The van der Waals surface area contributed by atoms with Crippen LogP contribution in [0.5, 0.6) is 0 Å². The Morgan fingerprint density at radius 2 is 2.43 bits per heavy atom. The van der Waals surface area contributed by atoms with Gasteiger partial charge in [0.15, 0.2) is 0 Å². The molecule has 1 aliphatic rings. The normalized spacial score (nSPS) is 18.4. The van der Waals surface area contributed by atoms with Gasteiger partial charge in [-0.1, -0.05) is 0 Å². The van der Waals surface area contributed by atoms with Crippen LogP contribution in [0.2, 0.25) is 0 Å². The molecule has 1 unspecified atom stereocenters. The molecule has 1 heterocycles. The molecule has 1 nitrogen and oxygen atoms in total. The van der Waals surface area contributed by atoms with Gasteiger partial charge in [-0.05, 0) is 40.8 Å². The molecule has 0 aromatic carbocycles. The van der Waals surface area contributed by atoms with Crippen LogP contribution in [-0.4, -0.2) is 11.9 Å². The standard InChI is InChI=1S/C10H13BrClNS/c11-8-3-9(14-6-8)4-13-5-10(12)7-1-2-7/h3,6-7,10,13H,1-2,4-5H2. The van der Waals surface area contributed by atoms with Crippen molar-refractivity contribution in [2.24, 2.45) is 5.92 Å². The van der Waals surface area contributed by atoms with Crippen molar-refractivity contribution < 1.29 is 0 Å². The highest BCUT2D eigenvalue weighted by Crippen LogP contribution is 2.35. The molecule has 1 aromatic rings. The van der Waals surface area contributed by atoms with E-state index in [-0.39, 0.29) is 0 Å². The summed E-state index contributed by atoms with van der Waals surface area (Å²) in [5, 5.41) is 5.83. The van der Waals surface area contributed by atoms with E-state index in [9.17, 15) is 0 Å². The van der Waals surface area contributed by atoms with E-state index in [1.807, 2.05) is 0 Å². The van der Waals surface area contributed by atoms with Crippen LogP contribution in [0.25, 0.3) is 0 Å². The fourth-order valence-electron chi connectivity index (χ4n) is 1.40. The van der Waals surface area contributed by atoms with Gasteiger partial charge in [-0.25, -0.2) is 0 Å². The molecule has 1 aliphatic carbocycles. The van der Waals surface area contributed by atoms with Crippen LogP contribution in [0, 0.1) is 5.92 Å². The molecule has 0 bridgehead atoms. The van der Waals surface area contributed by atoms with Gasteiger partial charge in [-0.2, -0.15) is 0 Å². The lowest BCUT2D eigenvalue weighted by molar-refractivity contribution is 0.623. The largest absolute Gasteiger partial charge is 0.310 e. The predicted octanol–water partition coefficient (Wildman–Crippen LogP) is 3.62. The topological polar surface area (TPSA) is 12.0 Å². The third-order valence-corrected chi connectivity index (χ3v) is 4.60. The molecule has 1 atom stereocenters. The Hall–Kier alpha value is 0.430. The van der Waals surface area contributed by atoms with Crippen LogP contribution in [-0.2, 0) is 6.54 Å². The SMILES string of the molecule is ClC(CNCc1cc(Br)cs1)C1CC1. The molecule has 1 fully saturated rings. The highest BCUT2D eigenvalue weighted by atomic mass is 79.9. The summed E-state index contributed by atoms with van der Waals surface area (Å²) in [6.45, 7) is 1.87. The summed E-state index contributed by atoms with van der Waals surface area (Å²) < 4.78 is 1.17. The smallest absolute Gasteiger partial charge is 0.0488 e. The van der Waals surface area contributed by atoms with Gasteiger partial charge in [0.1, 0.15) is 0 Å². The van der Waals surface area contributed by atoms with E-state index in [0.29, 0.717) is 5.38 Å². The van der Waals surface area contributed by atoms with E-state index in [4.69, 9.17) is 11.6 Å². The Morgan fingerprint density at radius 1 is 1.64 bits per heavy atom. The second-order valence-electron chi connectivity index (χ2n) is 3.72. The molecular formula is C10H13BrClNS. The van der Waals surface area contributed by atoms with Gasteiger partial charge >= 0.3 is 0 Å². The van der Waals surface area contributed by atoms with E-state index >= 15 is 0 Å². The van der Waals surface area contributed by atoms with E-state index < -0.39 is 0 Å². The number of rotatable bonds is 5. The molecular weight excluding hydrogens is 282 g/mol. The number of hydrogen-bond donors (Lipinski definition) is 1. The van der Waals surface area contributed by atoms with Gasteiger partial charge in [0.2, 0.25) is 0 Å².